The zero-order valence-corrected chi connectivity index (χ0v) is 10.4. The second-order valence-electron chi connectivity index (χ2n) is 3.39. The Morgan fingerprint density at radius 3 is 2.60 bits per heavy atom. The van der Waals surface area contributed by atoms with Gasteiger partial charge >= 0.3 is 0 Å². The van der Waals surface area contributed by atoms with Gasteiger partial charge in [-0.25, -0.2) is 8.42 Å². The molecule has 0 atom stereocenters. The van der Waals surface area contributed by atoms with E-state index in [1.165, 1.54) is 6.26 Å². The summed E-state index contributed by atoms with van der Waals surface area (Å²) < 4.78 is 21.5. The first-order chi connectivity index (χ1) is 6.95. The Bertz CT molecular complexity index is 286. The lowest BCUT2D eigenvalue weighted by atomic mass is 10.3. The number of oxime groups is 1. The van der Waals surface area contributed by atoms with Gasteiger partial charge in [0.05, 0.1) is 11.5 Å². The van der Waals surface area contributed by atoms with Crippen LogP contribution in [0.4, 0.5) is 0 Å². The van der Waals surface area contributed by atoms with Crippen molar-refractivity contribution < 1.29 is 13.3 Å². The van der Waals surface area contributed by atoms with Crippen LogP contribution < -0.4 is 5.32 Å². The fourth-order valence-electron chi connectivity index (χ4n) is 0.721. The minimum atomic E-state index is -2.87. The van der Waals surface area contributed by atoms with Gasteiger partial charge in [-0.15, -0.1) is 0 Å². The molecular weight excluding hydrogens is 216 g/mol. The molecule has 0 aliphatic rings. The molecule has 0 aromatic carbocycles. The summed E-state index contributed by atoms with van der Waals surface area (Å²) in [5, 5.41) is 6.81. The lowest BCUT2D eigenvalue weighted by Gasteiger charge is -2.03. The third-order valence-electron chi connectivity index (χ3n) is 1.75. The third-order valence-corrected chi connectivity index (χ3v) is 2.70. The molecule has 0 aliphatic heterocycles. The van der Waals surface area contributed by atoms with E-state index >= 15 is 0 Å². The molecule has 0 amide bonds. The van der Waals surface area contributed by atoms with Crippen LogP contribution in [-0.2, 0) is 14.7 Å². The van der Waals surface area contributed by atoms with Crippen molar-refractivity contribution in [3.8, 4) is 0 Å². The van der Waals surface area contributed by atoms with E-state index in [2.05, 4.69) is 10.5 Å². The van der Waals surface area contributed by atoms with Crippen LogP contribution in [0.2, 0.25) is 0 Å². The van der Waals surface area contributed by atoms with Crippen LogP contribution in [0.15, 0.2) is 5.16 Å². The molecule has 0 heterocycles. The Hall–Kier alpha value is -0.620. The molecule has 90 valence electrons. The molecule has 0 saturated carbocycles. The highest BCUT2D eigenvalue weighted by atomic mass is 32.2. The first-order valence-corrected chi connectivity index (χ1v) is 7.05. The molecule has 0 aromatic heterocycles. The molecule has 0 fully saturated rings. The van der Waals surface area contributed by atoms with Gasteiger partial charge in [-0.05, 0) is 13.3 Å². The van der Waals surface area contributed by atoms with Crippen molar-refractivity contribution in [2.45, 2.75) is 20.3 Å². The highest BCUT2D eigenvalue weighted by Crippen LogP contribution is 1.85. The van der Waals surface area contributed by atoms with Crippen LogP contribution in [-0.4, -0.2) is 45.8 Å². The quantitative estimate of drug-likeness (QED) is 0.377. The maximum Gasteiger partial charge on any atom is 0.148 e. The third kappa shape index (κ3) is 11.3. The van der Waals surface area contributed by atoms with Gasteiger partial charge in [0.25, 0.3) is 0 Å². The summed E-state index contributed by atoms with van der Waals surface area (Å²) in [4.78, 5) is 4.99. The molecule has 1 N–H and O–H groups in total. The molecule has 0 unspecified atom stereocenters. The van der Waals surface area contributed by atoms with E-state index in [0.29, 0.717) is 19.7 Å². The number of nitrogens with one attached hydrogen (secondary N) is 1. The molecule has 0 spiro atoms. The Kier molecular flexibility index (Phi) is 7.33. The van der Waals surface area contributed by atoms with Gasteiger partial charge in [-0.2, -0.15) is 0 Å². The van der Waals surface area contributed by atoms with Crippen LogP contribution >= 0.6 is 0 Å². The van der Waals surface area contributed by atoms with Crippen LogP contribution in [0, 0.1) is 0 Å². The van der Waals surface area contributed by atoms with Crippen molar-refractivity contribution >= 4 is 15.5 Å². The van der Waals surface area contributed by atoms with Crippen molar-refractivity contribution in [1.29, 1.82) is 0 Å². The zero-order valence-electron chi connectivity index (χ0n) is 9.62. The molecule has 0 bridgehead atoms. The summed E-state index contributed by atoms with van der Waals surface area (Å²) in [7, 11) is -2.87. The van der Waals surface area contributed by atoms with E-state index in [1.54, 1.807) is 0 Å². The monoisotopic (exact) mass is 236 g/mol. The second kappa shape index (κ2) is 7.64. The molecule has 0 rings (SSSR count). The normalized spacial score (nSPS) is 12.9. The predicted molar refractivity (Wildman–Crippen MR) is 61.9 cm³/mol. The van der Waals surface area contributed by atoms with E-state index in [1.807, 2.05) is 13.8 Å². The van der Waals surface area contributed by atoms with E-state index < -0.39 is 9.84 Å². The topological polar surface area (TPSA) is 67.8 Å². The molecule has 5 nitrogen and oxygen atoms in total. The molecule has 6 heteroatoms. The Balaban J connectivity index is 3.34. The first-order valence-electron chi connectivity index (χ1n) is 4.99. The summed E-state index contributed by atoms with van der Waals surface area (Å²) in [6, 6.07) is 0. The van der Waals surface area contributed by atoms with Crippen LogP contribution in [0.1, 0.15) is 20.3 Å². The fraction of sp³-hybridized carbons (Fsp3) is 0.889. The fourth-order valence-corrected chi connectivity index (χ4v) is 1.24. The summed E-state index contributed by atoms with van der Waals surface area (Å²) in [5.74, 6) is 0.157. The van der Waals surface area contributed by atoms with Gasteiger partial charge in [-0.3, -0.25) is 0 Å². The van der Waals surface area contributed by atoms with Crippen molar-refractivity contribution in [2.24, 2.45) is 5.16 Å². The van der Waals surface area contributed by atoms with E-state index in [4.69, 9.17) is 4.84 Å². The van der Waals surface area contributed by atoms with Crippen LogP contribution in [0.25, 0.3) is 0 Å². The SMILES string of the molecule is CC/C(C)=N\OCCNCCS(C)(=O)=O. The summed E-state index contributed by atoms with van der Waals surface area (Å²) >= 11 is 0. The van der Waals surface area contributed by atoms with Gasteiger partial charge in [0.2, 0.25) is 0 Å². The highest BCUT2D eigenvalue weighted by molar-refractivity contribution is 7.90. The number of nitrogens with zero attached hydrogens (tertiary/aromatic N) is 1. The van der Waals surface area contributed by atoms with E-state index in [9.17, 15) is 8.42 Å². The highest BCUT2D eigenvalue weighted by Gasteiger charge is 1.99. The summed E-state index contributed by atoms with van der Waals surface area (Å²) in [5.41, 5.74) is 0.950. The number of rotatable bonds is 8. The molecule has 15 heavy (non-hydrogen) atoms. The number of hydrogen-bond acceptors (Lipinski definition) is 5. The standard InChI is InChI=1S/C9H20N2O3S/c1-4-9(2)11-14-7-5-10-6-8-15(3,12)13/h10H,4-8H2,1-3H3/b11-9-. The van der Waals surface area contributed by atoms with Gasteiger partial charge in [-0.1, -0.05) is 12.1 Å². The minimum absolute atomic E-state index is 0.157. The molecule has 0 radical (unpaired) electrons. The van der Waals surface area contributed by atoms with Crippen molar-refractivity contribution in [3.63, 3.8) is 0 Å². The largest absolute Gasteiger partial charge is 0.395 e. The second-order valence-corrected chi connectivity index (χ2v) is 5.65. The maximum absolute atomic E-state index is 10.8. The van der Waals surface area contributed by atoms with Crippen molar-refractivity contribution in [3.05, 3.63) is 0 Å². The van der Waals surface area contributed by atoms with Gasteiger partial charge < -0.3 is 10.2 Å². The Morgan fingerprint density at radius 1 is 1.40 bits per heavy atom. The molecule has 0 saturated heterocycles. The van der Waals surface area contributed by atoms with Crippen LogP contribution in [0.3, 0.4) is 0 Å². The average molecular weight is 236 g/mol. The maximum atomic E-state index is 10.8. The van der Waals surface area contributed by atoms with Crippen LogP contribution in [0.5, 0.6) is 0 Å². The smallest absolute Gasteiger partial charge is 0.148 e. The first kappa shape index (κ1) is 14.4. The minimum Gasteiger partial charge on any atom is -0.395 e. The average Bonchev–Trinajstić information content (AvgIpc) is 2.14. The molecule has 0 aromatic rings. The number of hydrogen-bond donors (Lipinski definition) is 1. The van der Waals surface area contributed by atoms with E-state index in [0.717, 1.165) is 12.1 Å². The molecular formula is C9H20N2O3S. The van der Waals surface area contributed by atoms with Crippen molar-refractivity contribution in [2.75, 3.05) is 31.7 Å². The van der Waals surface area contributed by atoms with Crippen molar-refractivity contribution in [1.82, 2.24) is 5.32 Å². The summed E-state index contributed by atoms with van der Waals surface area (Å²) in [6.07, 6.45) is 2.10. The number of sulfone groups is 1. The predicted octanol–water partition coefficient (Wildman–Crippen LogP) is 0.423. The zero-order chi connectivity index (χ0) is 11.7. The van der Waals surface area contributed by atoms with Gasteiger partial charge in [0, 0.05) is 19.3 Å². The Morgan fingerprint density at radius 2 is 2.07 bits per heavy atom. The Labute approximate surface area is 91.8 Å². The van der Waals surface area contributed by atoms with Gasteiger partial charge in [0.1, 0.15) is 16.4 Å². The molecule has 0 aliphatic carbocycles. The lowest BCUT2D eigenvalue weighted by molar-refractivity contribution is 0.146. The summed E-state index contributed by atoms with van der Waals surface area (Å²) in [6.45, 7) is 5.43. The lowest BCUT2D eigenvalue weighted by Crippen LogP contribution is -2.25. The van der Waals surface area contributed by atoms with Gasteiger partial charge in [0.15, 0.2) is 0 Å². The van der Waals surface area contributed by atoms with E-state index in [-0.39, 0.29) is 5.75 Å².